The number of ether oxygens (including phenoxy) is 1. The van der Waals surface area contributed by atoms with Crippen LogP contribution in [0.15, 0.2) is 18.2 Å². The number of benzene rings is 1. The van der Waals surface area contributed by atoms with Gasteiger partial charge in [-0.05, 0) is 38.6 Å². The van der Waals surface area contributed by atoms with Gasteiger partial charge in [-0.1, -0.05) is 6.07 Å². The number of halogens is 1. The van der Waals surface area contributed by atoms with Crippen molar-refractivity contribution in [2.24, 2.45) is 0 Å². The second-order valence-electron chi connectivity index (χ2n) is 4.86. The molecular weight excluding hydrogens is 247 g/mol. The zero-order valence-corrected chi connectivity index (χ0v) is 11.9. The Morgan fingerprint density at radius 3 is 2.68 bits per heavy atom. The molecule has 106 valence electrons. The molecule has 19 heavy (non-hydrogen) atoms. The number of hydrogen-bond donors (Lipinski definition) is 1. The lowest BCUT2D eigenvalue weighted by Crippen LogP contribution is -2.38. The minimum atomic E-state index is -0.389. The number of nitrogens with one attached hydrogen (secondary N) is 1. The molecule has 0 heterocycles. The van der Waals surface area contributed by atoms with Gasteiger partial charge in [-0.3, -0.25) is 9.69 Å². The Bertz CT molecular complexity index is 435. The number of hydrogen-bond acceptors (Lipinski definition) is 3. The van der Waals surface area contributed by atoms with Crippen LogP contribution in [0.3, 0.4) is 0 Å². The van der Waals surface area contributed by atoms with E-state index in [9.17, 15) is 9.18 Å². The van der Waals surface area contributed by atoms with Crippen LogP contribution in [0, 0.1) is 5.82 Å². The Morgan fingerprint density at radius 2 is 2.16 bits per heavy atom. The van der Waals surface area contributed by atoms with Gasteiger partial charge in [0.2, 0.25) is 5.91 Å². The van der Waals surface area contributed by atoms with Crippen LogP contribution in [0.2, 0.25) is 0 Å². The van der Waals surface area contributed by atoms with Crippen molar-refractivity contribution < 1.29 is 13.9 Å². The molecule has 0 saturated carbocycles. The molecule has 1 rings (SSSR count). The topological polar surface area (TPSA) is 41.6 Å². The average Bonchev–Trinajstić information content (AvgIpc) is 2.27. The molecule has 5 heteroatoms. The molecule has 0 aliphatic rings. The van der Waals surface area contributed by atoms with Crippen LogP contribution < -0.4 is 10.1 Å². The SMILES string of the molecule is COc1ccc(CN(C)CC(=O)NC(C)C)cc1F. The van der Waals surface area contributed by atoms with Crippen molar-refractivity contribution in [2.75, 3.05) is 20.7 Å². The van der Waals surface area contributed by atoms with Crippen LogP contribution in [0.4, 0.5) is 4.39 Å². The first-order valence-electron chi connectivity index (χ1n) is 6.22. The van der Waals surface area contributed by atoms with Crippen molar-refractivity contribution in [3.63, 3.8) is 0 Å². The summed E-state index contributed by atoms with van der Waals surface area (Å²) in [5.74, 6) is -0.199. The fraction of sp³-hybridized carbons (Fsp3) is 0.500. The Balaban J connectivity index is 2.54. The molecule has 1 aromatic carbocycles. The number of methoxy groups -OCH3 is 1. The largest absolute Gasteiger partial charge is 0.494 e. The summed E-state index contributed by atoms with van der Waals surface area (Å²) in [5, 5.41) is 2.81. The van der Waals surface area contributed by atoms with E-state index in [1.54, 1.807) is 12.1 Å². The number of carbonyl (C=O) groups is 1. The Morgan fingerprint density at radius 1 is 1.47 bits per heavy atom. The number of amides is 1. The fourth-order valence-corrected chi connectivity index (χ4v) is 1.79. The minimum absolute atomic E-state index is 0.0357. The van der Waals surface area contributed by atoms with Crippen molar-refractivity contribution in [3.05, 3.63) is 29.6 Å². The smallest absolute Gasteiger partial charge is 0.234 e. The lowest BCUT2D eigenvalue weighted by atomic mass is 10.2. The third-order valence-electron chi connectivity index (χ3n) is 2.53. The van der Waals surface area contributed by atoms with Gasteiger partial charge in [0.05, 0.1) is 13.7 Å². The molecule has 0 unspecified atom stereocenters. The summed E-state index contributed by atoms with van der Waals surface area (Å²) in [6, 6.07) is 4.93. The van der Waals surface area contributed by atoms with Gasteiger partial charge in [-0.25, -0.2) is 4.39 Å². The normalized spacial score (nSPS) is 10.9. The maximum atomic E-state index is 13.5. The average molecular weight is 268 g/mol. The van der Waals surface area contributed by atoms with Crippen molar-refractivity contribution in [3.8, 4) is 5.75 Å². The summed E-state index contributed by atoms with van der Waals surface area (Å²) < 4.78 is 18.4. The number of nitrogens with zero attached hydrogens (tertiary/aromatic N) is 1. The Labute approximate surface area is 113 Å². The first kappa shape index (κ1) is 15.4. The van der Waals surface area contributed by atoms with Gasteiger partial charge in [0.1, 0.15) is 0 Å². The summed E-state index contributed by atoms with van der Waals surface area (Å²) >= 11 is 0. The van der Waals surface area contributed by atoms with Crippen LogP contribution in [0.25, 0.3) is 0 Å². The summed E-state index contributed by atoms with van der Waals surface area (Å²) in [6.07, 6.45) is 0. The molecule has 1 amide bonds. The maximum Gasteiger partial charge on any atom is 0.234 e. The van der Waals surface area contributed by atoms with Gasteiger partial charge in [-0.2, -0.15) is 0 Å². The predicted molar refractivity (Wildman–Crippen MR) is 72.6 cm³/mol. The van der Waals surface area contributed by atoms with Crippen molar-refractivity contribution in [1.82, 2.24) is 10.2 Å². The van der Waals surface area contributed by atoms with Crippen LogP contribution in [0.5, 0.6) is 5.75 Å². The van der Waals surface area contributed by atoms with E-state index in [0.29, 0.717) is 6.54 Å². The lowest BCUT2D eigenvalue weighted by Gasteiger charge is -2.17. The molecule has 1 N–H and O–H groups in total. The quantitative estimate of drug-likeness (QED) is 0.855. The van der Waals surface area contributed by atoms with E-state index >= 15 is 0 Å². The first-order valence-corrected chi connectivity index (χ1v) is 6.22. The highest BCUT2D eigenvalue weighted by Crippen LogP contribution is 2.18. The van der Waals surface area contributed by atoms with Crippen molar-refractivity contribution in [2.45, 2.75) is 26.4 Å². The van der Waals surface area contributed by atoms with E-state index in [4.69, 9.17) is 4.74 Å². The molecule has 0 spiro atoms. The maximum absolute atomic E-state index is 13.5. The molecule has 1 aromatic rings. The third kappa shape index (κ3) is 5.26. The summed E-state index contributed by atoms with van der Waals surface area (Å²) in [6.45, 7) is 4.62. The van der Waals surface area contributed by atoms with Gasteiger partial charge >= 0.3 is 0 Å². The lowest BCUT2D eigenvalue weighted by molar-refractivity contribution is -0.122. The summed E-state index contributed by atoms with van der Waals surface area (Å²) in [5.41, 5.74) is 0.804. The Kier molecular flexibility index (Phi) is 5.76. The summed E-state index contributed by atoms with van der Waals surface area (Å²) in [4.78, 5) is 13.4. The van der Waals surface area contributed by atoms with E-state index in [-0.39, 0.29) is 30.1 Å². The number of likely N-dealkylation sites (N-methyl/N-ethyl adjacent to an activating group) is 1. The van der Waals surface area contributed by atoms with E-state index < -0.39 is 0 Å². The molecule has 0 fully saturated rings. The second-order valence-corrected chi connectivity index (χ2v) is 4.86. The van der Waals surface area contributed by atoms with Gasteiger partial charge in [0.25, 0.3) is 0 Å². The second kappa shape index (κ2) is 7.09. The van der Waals surface area contributed by atoms with Gasteiger partial charge in [-0.15, -0.1) is 0 Å². The fourth-order valence-electron chi connectivity index (χ4n) is 1.79. The van der Waals surface area contributed by atoms with Gasteiger partial charge in [0, 0.05) is 12.6 Å². The molecule has 0 saturated heterocycles. The number of rotatable bonds is 6. The van der Waals surface area contributed by atoms with Crippen molar-refractivity contribution in [1.29, 1.82) is 0 Å². The van der Waals surface area contributed by atoms with Crippen LogP contribution in [0.1, 0.15) is 19.4 Å². The number of carbonyl (C=O) groups excluding carboxylic acids is 1. The standard InChI is InChI=1S/C14H21FN2O2/c1-10(2)16-14(18)9-17(3)8-11-5-6-13(19-4)12(15)7-11/h5-7,10H,8-9H2,1-4H3,(H,16,18). The zero-order valence-electron chi connectivity index (χ0n) is 11.9. The minimum Gasteiger partial charge on any atom is -0.494 e. The zero-order chi connectivity index (χ0) is 14.4. The first-order chi connectivity index (χ1) is 8.92. The van der Waals surface area contributed by atoms with E-state index in [1.807, 2.05) is 25.8 Å². The highest BCUT2D eigenvalue weighted by Gasteiger charge is 2.09. The molecule has 0 bridgehead atoms. The van der Waals surface area contributed by atoms with Crippen LogP contribution in [-0.2, 0) is 11.3 Å². The molecule has 0 aliphatic carbocycles. The molecule has 0 aliphatic heterocycles. The van der Waals surface area contributed by atoms with Gasteiger partial charge < -0.3 is 10.1 Å². The van der Waals surface area contributed by atoms with E-state index in [1.165, 1.54) is 13.2 Å². The predicted octanol–water partition coefficient (Wildman–Crippen LogP) is 1.79. The van der Waals surface area contributed by atoms with Crippen LogP contribution in [-0.4, -0.2) is 37.6 Å². The molecule has 0 radical (unpaired) electrons. The van der Waals surface area contributed by atoms with E-state index in [2.05, 4.69) is 5.32 Å². The monoisotopic (exact) mass is 268 g/mol. The van der Waals surface area contributed by atoms with E-state index in [0.717, 1.165) is 5.56 Å². The van der Waals surface area contributed by atoms with Gasteiger partial charge in [0.15, 0.2) is 11.6 Å². The molecule has 4 nitrogen and oxygen atoms in total. The third-order valence-corrected chi connectivity index (χ3v) is 2.53. The van der Waals surface area contributed by atoms with Crippen molar-refractivity contribution >= 4 is 5.91 Å². The highest BCUT2D eigenvalue weighted by molar-refractivity contribution is 5.78. The molecule has 0 aromatic heterocycles. The molecule has 0 atom stereocenters. The Hall–Kier alpha value is -1.62. The molecular formula is C14H21FN2O2. The highest BCUT2D eigenvalue weighted by atomic mass is 19.1. The van der Waals surface area contributed by atoms with Crippen LogP contribution >= 0.6 is 0 Å². The summed E-state index contributed by atoms with van der Waals surface area (Å²) in [7, 11) is 3.25.